The Balaban J connectivity index is 1.70. The summed E-state index contributed by atoms with van der Waals surface area (Å²) >= 11 is 0. The molecule has 0 radical (unpaired) electrons. The van der Waals surface area contributed by atoms with Crippen LogP contribution in [0.1, 0.15) is 55.1 Å². The van der Waals surface area contributed by atoms with Gasteiger partial charge in [-0.25, -0.2) is 4.98 Å². The molecule has 1 atom stereocenters. The first-order valence-electron chi connectivity index (χ1n) is 10.6. The van der Waals surface area contributed by atoms with E-state index in [-0.39, 0.29) is 11.5 Å². The van der Waals surface area contributed by atoms with Gasteiger partial charge in [0.2, 0.25) is 11.9 Å². The number of benzene rings is 2. The molecule has 0 spiro atoms. The SMILES string of the molecule is CCCCc1nc2n(c(=O)c1Cc1ccc(-c3ccccc3C#N)cc1)C(C)C(=O)N2. The van der Waals surface area contributed by atoms with Crippen molar-refractivity contribution >= 4 is 11.9 Å². The van der Waals surface area contributed by atoms with E-state index in [0.29, 0.717) is 29.9 Å². The van der Waals surface area contributed by atoms with E-state index in [4.69, 9.17) is 0 Å². The first kappa shape index (κ1) is 20.5. The molecule has 2 heterocycles. The molecule has 31 heavy (non-hydrogen) atoms. The van der Waals surface area contributed by atoms with E-state index in [1.807, 2.05) is 42.5 Å². The number of nitriles is 1. The van der Waals surface area contributed by atoms with Crippen LogP contribution in [0.2, 0.25) is 0 Å². The van der Waals surface area contributed by atoms with Gasteiger partial charge in [0.25, 0.3) is 5.56 Å². The molecule has 0 bridgehead atoms. The fourth-order valence-corrected chi connectivity index (χ4v) is 3.96. The second-order valence-electron chi connectivity index (χ2n) is 7.84. The molecule has 1 aromatic heterocycles. The summed E-state index contributed by atoms with van der Waals surface area (Å²) in [5.41, 5.74) is 4.71. The van der Waals surface area contributed by atoms with E-state index >= 15 is 0 Å². The highest BCUT2D eigenvalue weighted by atomic mass is 16.2. The van der Waals surface area contributed by atoms with Crippen molar-refractivity contribution in [2.45, 2.75) is 45.6 Å². The van der Waals surface area contributed by atoms with Crippen LogP contribution in [0, 0.1) is 11.3 Å². The molecule has 0 saturated carbocycles. The molecule has 2 aromatic carbocycles. The Labute approximate surface area is 181 Å². The molecule has 1 aliphatic heterocycles. The van der Waals surface area contributed by atoms with E-state index in [2.05, 4.69) is 23.3 Å². The standard InChI is InChI=1S/C25H24N4O2/c1-3-4-9-22-21(24(31)29-16(2)23(30)28-25(29)27-22)14-17-10-12-18(13-11-17)20-8-6-5-7-19(20)15-26/h5-8,10-13,16H,3-4,9,14H2,1-2H3,(H,27,28,30). The number of unbranched alkanes of at least 4 members (excludes halogenated alkanes) is 1. The van der Waals surface area contributed by atoms with Gasteiger partial charge in [0.1, 0.15) is 6.04 Å². The number of nitrogens with one attached hydrogen (secondary N) is 1. The number of aromatic nitrogens is 2. The van der Waals surface area contributed by atoms with Crippen molar-refractivity contribution in [1.82, 2.24) is 9.55 Å². The van der Waals surface area contributed by atoms with Crippen molar-refractivity contribution in [3.8, 4) is 17.2 Å². The quantitative estimate of drug-likeness (QED) is 0.656. The molecule has 0 saturated heterocycles. The Kier molecular flexibility index (Phi) is 5.68. The number of aryl methyl sites for hydroxylation is 1. The maximum Gasteiger partial charge on any atom is 0.259 e. The van der Waals surface area contributed by atoms with E-state index in [1.165, 1.54) is 4.57 Å². The van der Waals surface area contributed by atoms with E-state index in [1.54, 1.807) is 13.0 Å². The third-order valence-corrected chi connectivity index (χ3v) is 5.76. The number of hydrogen-bond donors (Lipinski definition) is 1. The second-order valence-corrected chi connectivity index (χ2v) is 7.84. The summed E-state index contributed by atoms with van der Waals surface area (Å²) in [4.78, 5) is 30.0. The van der Waals surface area contributed by atoms with Crippen molar-refractivity contribution in [1.29, 1.82) is 5.26 Å². The van der Waals surface area contributed by atoms with Crippen molar-refractivity contribution in [2.24, 2.45) is 0 Å². The zero-order valence-electron chi connectivity index (χ0n) is 17.7. The predicted molar refractivity (Wildman–Crippen MR) is 120 cm³/mol. The molecule has 1 N–H and O–H groups in total. The lowest BCUT2D eigenvalue weighted by Gasteiger charge is -2.13. The highest BCUT2D eigenvalue weighted by Crippen LogP contribution is 2.26. The fourth-order valence-electron chi connectivity index (χ4n) is 3.96. The molecule has 1 aliphatic rings. The monoisotopic (exact) mass is 412 g/mol. The molecular weight excluding hydrogens is 388 g/mol. The first-order chi connectivity index (χ1) is 15.0. The van der Waals surface area contributed by atoms with Crippen LogP contribution in [-0.4, -0.2) is 15.5 Å². The number of hydrogen-bond acceptors (Lipinski definition) is 4. The minimum Gasteiger partial charge on any atom is -0.294 e. The van der Waals surface area contributed by atoms with Gasteiger partial charge in [-0.05, 0) is 42.5 Å². The molecule has 0 fully saturated rings. The zero-order chi connectivity index (χ0) is 22.0. The summed E-state index contributed by atoms with van der Waals surface area (Å²) in [6.07, 6.45) is 3.07. The van der Waals surface area contributed by atoms with Gasteiger partial charge in [0.15, 0.2) is 0 Å². The summed E-state index contributed by atoms with van der Waals surface area (Å²) in [5.74, 6) is 0.143. The largest absolute Gasteiger partial charge is 0.294 e. The zero-order valence-corrected chi connectivity index (χ0v) is 17.7. The molecule has 1 unspecified atom stereocenters. The third kappa shape index (κ3) is 3.87. The molecule has 3 aromatic rings. The summed E-state index contributed by atoms with van der Waals surface area (Å²) in [7, 11) is 0. The predicted octanol–water partition coefficient (Wildman–Crippen LogP) is 4.23. The van der Waals surface area contributed by atoms with Gasteiger partial charge in [-0.1, -0.05) is 55.8 Å². The number of amides is 1. The number of carbonyl (C=O) groups is 1. The topological polar surface area (TPSA) is 87.8 Å². The molecule has 6 heteroatoms. The maximum atomic E-state index is 13.3. The highest BCUT2D eigenvalue weighted by Gasteiger charge is 2.30. The van der Waals surface area contributed by atoms with Crippen molar-refractivity contribution in [2.75, 3.05) is 5.32 Å². The lowest BCUT2D eigenvalue weighted by molar-refractivity contribution is -0.117. The number of anilines is 1. The summed E-state index contributed by atoms with van der Waals surface area (Å²) in [5, 5.41) is 12.1. The van der Waals surface area contributed by atoms with Gasteiger partial charge in [0.05, 0.1) is 17.3 Å². The number of fused-ring (bicyclic) bond motifs is 1. The number of rotatable bonds is 6. The molecule has 156 valence electrons. The van der Waals surface area contributed by atoms with Crippen molar-refractivity contribution < 1.29 is 4.79 Å². The first-order valence-corrected chi connectivity index (χ1v) is 10.6. The second kappa shape index (κ2) is 8.57. The van der Waals surface area contributed by atoms with Gasteiger partial charge < -0.3 is 0 Å². The van der Waals surface area contributed by atoms with Crippen LogP contribution in [0.25, 0.3) is 11.1 Å². The average molecular weight is 412 g/mol. The Hall–Kier alpha value is -3.72. The minimum atomic E-state index is -0.557. The van der Waals surface area contributed by atoms with Crippen LogP contribution in [0.5, 0.6) is 0 Å². The van der Waals surface area contributed by atoms with Crippen LogP contribution in [-0.2, 0) is 17.6 Å². The molecule has 0 aliphatic carbocycles. The van der Waals surface area contributed by atoms with Crippen LogP contribution < -0.4 is 10.9 Å². The van der Waals surface area contributed by atoms with Crippen molar-refractivity contribution in [3.05, 3.63) is 81.3 Å². The van der Waals surface area contributed by atoms with Gasteiger partial charge in [-0.3, -0.25) is 19.5 Å². The Morgan fingerprint density at radius 3 is 2.58 bits per heavy atom. The number of carbonyl (C=O) groups excluding carboxylic acids is 1. The summed E-state index contributed by atoms with van der Waals surface area (Å²) in [6, 6.07) is 17.1. The molecule has 1 amide bonds. The van der Waals surface area contributed by atoms with Gasteiger partial charge in [-0.2, -0.15) is 5.26 Å². The Morgan fingerprint density at radius 2 is 1.87 bits per heavy atom. The minimum absolute atomic E-state index is 0.152. The van der Waals surface area contributed by atoms with Gasteiger partial charge >= 0.3 is 0 Å². The lowest BCUT2D eigenvalue weighted by Crippen LogP contribution is -2.28. The van der Waals surface area contributed by atoms with Gasteiger partial charge in [0, 0.05) is 12.0 Å². The summed E-state index contributed by atoms with van der Waals surface area (Å²) < 4.78 is 1.46. The van der Waals surface area contributed by atoms with Crippen LogP contribution in [0.4, 0.5) is 5.95 Å². The fraction of sp³-hybridized carbons (Fsp3) is 0.280. The van der Waals surface area contributed by atoms with Gasteiger partial charge in [-0.15, -0.1) is 0 Å². The smallest absolute Gasteiger partial charge is 0.259 e. The van der Waals surface area contributed by atoms with E-state index in [0.717, 1.165) is 35.2 Å². The molecule has 4 rings (SSSR count). The Morgan fingerprint density at radius 1 is 1.13 bits per heavy atom. The normalized spacial score (nSPS) is 14.7. The third-order valence-electron chi connectivity index (χ3n) is 5.76. The Bertz CT molecular complexity index is 1240. The van der Waals surface area contributed by atoms with E-state index in [9.17, 15) is 14.9 Å². The molecular formula is C25H24N4O2. The highest BCUT2D eigenvalue weighted by molar-refractivity contribution is 5.95. The maximum absolute atomic E-state index is 13.3. The van der Waals surface area contributed by atoms with E-state index < -0.39 is 6.04 Å². The van der Waals surface area contributed by atoms with Crippen LogP contribution in [0.15, 0.2) is 53.3 Å². The van der Waals surface area contributed by atoms with Crippen LogP contribution >= 0.6 is 0 Å². The average Bonchev–Trinajstić information content (AvgIpc) is 3.08. The lowest BCUT2D eigenvalue weighted by atomic mass is 9.97. The summed E-state index contributed by atoms with van der Waals surface area (Å²) in [6.45, 7) is 3.81. The molecule has 6 nitrogen and oxygen atoms in total. The van der Waals surface area contributed by atoms with Crippen LogP contribution in [0.3, 0.4) is 0 Å². The van der Waals surface area contributed by atoms with Crippen molar-refractivity contribution in [3.63, 3.8) is 0 Å². The number of nitrogens with zero attached hydrogens (tertiary/aromatic N) is 3.